The number of nitrogens with zero attached hydrogens (tertiary/aromatic N) is 2. The molecule has 6 heteroatoms. The fourth-order valence-corrected chi connectivity index (χ4v) is 3.74. The molecule has 2 fully saturated rings. The van der Waals surface area contributed by atoms with Crippen LogP contribution in [0.3, 0.4) is 0 Å². The van der Waals surface area contributed by atoms with Crippen molar-refractivity contribution in [2.45, 2.75) is 17.7 Å². The van der Waals surface area contributed by atoms with Crippen molar-refractivity contribution in [2.75, 3.05) is 44.2 Å². The number of amides is 1. The number of benzene rings is 1. The van der Waals surface area contributed by atoms with E-state index in [9.17, 15) is 4.79 Å². The van der Waals surface area contributed by atoms with Gasteiger partial charge in [-0.1, -0.05) is 18.2 Å². The van der Waals surface area contributed by atoms with E-state index in [2.05, 4.69) is 39.4 Å². The van der Waals surface area contributed by atoms with Gasteiger partial charge >= 0.3 is 0 Å². The SMILES string of the molecule is C[C@]1(C(=O)NCCN2CCN(c3ccccc3)CC2)CC1(Cl)Cl. The molecule has 0 aromatic heterocycles. The molecular formula is C17H23Cl2N3O. The summed E-state index contributed by atoms with van der Waals surface area (Å²) in [5, 5.41) is 2.97. The van der Waals surface area contributed by atoms with Gasteiger partial charge in [-0.05, 0) is 25.5 Å². The van der Waals surface area contributed by atoms with E-state index in [-0.39, 0.29) is 5.91 Å². The first-order chi connectivity index (χ1) is 10.9. The molecule has 1 aliphatic heterocycles. The summed E-state index contributed by atoms with van der Waals surface area (Å²) in [6, 6.07) is 10.5. The number of hydrogen-bond donors (Lipinski definition) is 1. The average molecular weight is 356 g/mol. The minimum absolute atomic E-state index is 0.0366. The van der Waals surface area contributed by atoms with Gasteiger partial charge in [0.1, 0.15) is 4.33 Å². The Labute approximate surface area is 147 Å². The molecule has 1 N–H and O–H groups in total. The first kappa shape index (κ1) is 16.9. The second-order valence-corrected chi connectivity index (χ2v) is 8.12. The second kappa shape index (κ2) is 6.50. The Hall–Kier alpha value is -0.970. The molecule has 1 saturated heterocycles. The van der Waals surface area contributed by atoms with E-state index in [0.717, 1.165) is 32.7 Å². The van der Waals surface area contributed by atoms with Gasteiger partial charge in [0.2, 0.25) is 5.91 Å². The lowest BCUT2D eigenvalue weighted by molar-refractivity contribution is -0.125. The van der Waals surface area contributed by atoms with Gasteiger partial charge in [0.25, 0.3) is 0 Å². The average Bonchev–Trinajstić information content (AvgIpc) is 3.08. The number of hydrogen-bond acceptors (Lipinski definition) is 3. The number of halogens is 2. The molecule has 0 unspecified atom stereocenters. The van der Waals surface area contributed by atoms with Gasteiger partial charge < -0.3 is 10.2 Å². The third-order valence-corrected chi connectivity index (χ3v) is 6.07. The van der Waals surface area contributed by atoms with Gasteiger partial charge in [-0.15, -0.1) is 23.2 Å². The standard InChI is InChI=1S/C17H23Cl2N3O/c1-16(13-17(16,18)19)15(23)20-7-8-21-9-11-22(12-10-21)14-5-3-2-4-6-14/h2-6H,7-13H2,1H3,(H,20,23)/t16-/m1/s1. The Bertz CT molecular complexity index is 558. The quantitative estimate of drug-likeness (QED) is 0.824. The number of para-hydroxylation sites is 1. The fraction of sp³-hybridized carbons (Fsp3) is 0.588. The van der Waals surface area contributed by atoms with Crippen LogP contribution in [-0.2, 0) is 4.79 Å². The molecule has 1 atom stereocenters. The normalized spacial score (nSPS) is 26.8. The van der Waals surface area contributed by atoms with Crippen molar-refractivity contribution in [2.24, 2.45) is 5.41 Å². The van der Waals surface area contributed by atoms with Crippen LogP contribution in [0.25, 0.3) is 0 Å². The molecule has 0 spiro atoms. The summed E-state index contributed by atoms with van der Waals surface area (Å²) < 4.78 is -0.890. The predicted octanol–water partition coefficient (Wildman–Crippen LogP) is 2.51. The zero-order chi connectivity index (χ0) is 16.5. The lowest BCUT2D eigenvalue weighted by atomic mass is 10.1. The van der Waals surface area contributed by atoms with E-state index < -0.39 is 9.75 Å². The summed E-state index contributed by atoms with van der Waals surface area (Å²) in [6.07, 6.45) is 0.532. The first-order valence-corrected chi connectivity index (χ1v) is 8.86. The molecule has 1 aliphatic carbocycles. The van der Waals surface area contributed by atoms with Crippen LogP contribution in [0.15, 0.2) is 30.3 Å². The summed E-state index contributed by atoms with van der Waals surface area (Å²) in [4.78, 5) is 16.9. The van der Waals surface area contributed by atoms with Crippen molar-refractivity contribution in [3.8, 4) is 0 Å². The fourth-order valence-electron chi connectivity index (χ4n) is 3.04. The first-order valence-electron chi connectivity index (χ1n) is 8.11. The number of rotatable bonds is 5. The molecule has 1 aromatic rings. The van der Waals surface area contributed by atoms with E-state index in [4.69, 9.17) is 23.2 Å². The summed E-state index contributed by atoms with van der Waals surface area (Å²) in [6.45, 7) is 7.38. The highest BCUT2D eigenvalue weighted by Crippen LogP contribution is 2.63. The third-order valence-electron chi connectivity index (χ3n) is 4.97. The highest BCUT2D eigenvalue weighted by atomic mass is 35.5. The van der Waals surface area contributed by atoms with Crippen molar-refractivity contribution in [3.05, 3.63) is 30.3 Å². The third kappa shape index (κ3) is 3.59. The zero-order valence-corrected chi connectivity index (χ0v) is 14.9. The lowest BCUT2D eigenvalue weighted by Gasteiger charge is -2.36. The number of carbonyl (C=O) groups excluding carboxylic acids is 1. The molecule has 1 amide bonds. The highest BCUT2D eigenvalue weighted by Gasteiger charge is 2.67. The van der Waals surface area contributed by atoms with Crippen molar-refractivity contribution < 1.29 is 4.79 Å². The zero-order valence-electron chi connectivity index (χ0n) is 13.4. The molecular weight excluding hydrogens is 333 g/mol. The van der Waals surface area contributed by atoms with Crippen molar-refractivity contribution in [3.63, 3.8) is 0 Å². The maximum atomic E-state index is 12.1. The van der Waals surface area contributed by atoms with Gasteiger partial charge in [0.15, 0.2) is 0 Å². The van der Waals surface area contributed by atoms with Crippen LogP contribution in [0.1, 0.15) is 13.3 Å². The van der Waals surface area contributed by atoms with Crippen LogP contribution in [0.5, 0.6) is 0 Å². The van der Waals surface area contributed by atoms with E-state index in [1.54, 1.807) is 0 Å². The maximum absolute atomic E-state index is 12.1. The van der Waals surface area contributed by atoms with Crippen LogP contribution in [0, 0.1) is 5.41 Å². The Morgan fingerprint density at radius 2 is 1.78 bits per heavy atom. The summed E-state index contributed by atoms with van der Waals surface area (Å²) >= 11 is 12.1. The Morgan fingerprint density at radius 1 is 1.17 bits per heavy atom. The maximum Gasteiger partial charge on any atom is 0.229 e. The van der Waals surface area contributed by atoms with Gasteiger partial charge in [-0.25, -0.2) is 0 Å². The van der Waals surface area contributed by atoms with E-state index in [1.165, 1.54) is 5.69 Å². The van der Waals surface area contributed by atoms with Gasteiger partial charge in [0, 0.05) is 45.0 Å². The largest absolute Gasteiger partial charge is 0.369 e. The Kier molecular flexibility index (Phi) is 4.77. The van der Waals surface area contributed by atoms with Gasteiger partial charge in [-0.2, -0.15) is 0 Å². The minimum Gasteiger partial charge on any atom is -0.369 e. The summed E-state index contributed by atoms with van der Waals surface area (Å²) in [5.41, 5.74) is 0.657. The Morgan fingerprint density at radius 3 is 2.35 bits per heavy atom. The molecule has 1 saturated carbocycles. The molecule has 0 radical (unpaired) electrons. The van der Waals surface area contributed by atoms with Crippen LogP contribution in [0.2, 0.25) is 0 Å². The van der Waals surface area contributed by atoms with Crippen molar-refractivity contribution >= 4 is 34.8 Å². The number of alkyl halides is 2. The smallest absolute Gasteiger partial charge is 0.229 e. The Balaban J connectivity index is 1.38. The molecule has 4 nitrogen and oxygen atoms in total. The molecule has 3 rings (SSSR count). The molecule has 1 aromatic carbocycles. The van der Waals surface area contributed by atoms with E-state index in [0.29, 0.717) is 13.0 Å². The monoisotopic (exact) mass is 355 g/mol. The highest BCUT2D eigenvalue weighted by molar-refractivity contribution is 6.53. The molecule has 126 valence electrons. The van der Waals surface area contributed by atoms with Crippen LogP contribution in [-0.4, -0.2) is 54.4 Å². The molecule has 23 heavy (non-hydrogen) atoms. The molecule has 0 bridgehead atoms. The minimum atomic E-state index is -0.890. The van der Waals surface area contributed by atoms with Gasteiger partial charge in [0.05, 0.1) is 5.41 Å². The predicted molar refractivity (Wildman–Crippen MR) is 95.3 cm³/mol. The van der Waals surface area contributed by atoms with Crippen molar-refractivity contribution in [1.29, 1.82) is 0 Å². The number of piperazine rings is 1. The number of anilines is 1. The lowest BCUT2D eigenvalue weighted by Crippen LogP contribution is -2.49. The van der Waals surface area contributed by atoms with E-state index >= 15 is 0 Å². The summed E-state index contributed by atoms with van der Waals surface area (Å²) in [7, 11) is 0. The van der Waals surface area contributed by atoms with Crippen LogP contribution in [0.4, 0.5) is 5.69 Å². The number of nitrogens with one attached hydrogen (secondary N) is 1. The van der Waals surface area contributed by atoms with Crippen LogP contribution < -0.4 is 10.2 Å². The van der Waals surface area contributed by atoms with Gasteiger partial charge in [-0.3, -0.25) is 9.69 Å². The topological polar surface area (TPSA) is 35.6 Å². The van der Waals surface area contributed by atoms with Crippen LogP contribution >= 0.6 is 23.2 Å². The summed E-state index contributed by atoms with van der Waals surface area (Å²) in [5.74, 6) is -0.0366. The molecule has 2 aliphatic rings. The van der Waals surface area contributed by atoms with E-state index in [1.807, 2.05) is 13.0 Å². The van der Waals surface area contributed by atoms with Crippen molar-refractivity contribution in [1.82, 2.24) is 10.2 Å². The second-order valence-electron chi connectivity index (χ2n) is 6.63. The molecule has 1 heterocycles. The number of carbonyl (C=O) groups is 1.